The van der Waals surface area contributed by atoms with Crippen LogP contribution in [0.5, 0.6) is 0 Å². The number of carbonyl (C=O) groups is 3. The number of benzene rings is 1. The third-order valence-corrected chi connectivity index (χ3v) is 4.22. The molecule has 3 heterocycles. The number of nitrogens with zero attached hydrogens (tertiary/aromatic N) is 3. The van der Waals surface area contributed by atoms with Crippen LogP contribution in [-0.2, 0) is 4.79 Å². The van der Waals surface area contributed by atoms with Crippen molar-refractivity contribution < 1.29 is 14.4 Å². The molecule has 2 aliphatic rings. The Balaban J connectivity index is 1.79. The number of amides is 3. The van der Waals surface area contributed by atoms with Crippen molar-refractivity contribution >= 4 is 34.9 Å². The molecule has 0 fully saturated rings. The van der Waals surface area contributed by atoms with Gasteiger partial charge in [0.25, 0.3) is 23.3 Å². The molecule has 3 N–H and O–H groups in total. The van der Waals surface area contributed by atoms with E-state index >= 15 is 0 Å². The highest BCUT2D eigenvalue weighted by molar-refractivity contribution is 6.23. The first-order valence-electron chi connectivity index (χ1n) is 7.75. The van der Waals surface area contributed by atoms with Gasteiger partial charge in [-0.1, -0.05) is 0 Å². The molecule has 4 rings (SSSR count). The standard InChI is InChI=1S/C17H13N5O4/c1-8-6-13(24)22(20-8)10-4-2-9(3-5-10)21-12(23)7-11-14(15(21)18)17(26)19-16(11)25/h2-5,7H,6,18H2,1H3,(H,19,25,26). The van der Waals surface area contributed by atoms with E-state index in [4.69, 9.17) is 5.73 Å². The van der Waals surface area contributed by atoms with Gasteiger partial charge < -0.3 is 5.73 Å². The van der Waals surface area contributed by atoms with E-state index < -0.39 is 17.4 Å². The maximum Gasteiger partial charge on any atom is 0.262 e. The molecule has 0 unspecified atom stereocenters. The van der Waals surface area contributed by atoms with E-state index in [1.54, 1.807) is 31.2 Å². The molecule has 0 aliphatic carbocycles. The molecule has 0 saturated carbocycles. The number of pyridine rings is 1. The lowest BCUT2D eigenvalue weighted by atomic mass is 10.1. The summed E-state index contributed by atoms with van der Waals surface area (Å²) in [7, 11) is 0. The maximum atomic E-state index is 12.4. The van der Waals surface area contributed by atoms with Gasteiger partial charge in [0.2, 0.25) is 0 Å². The molecule has 2 aromatic rings. The fourth-order valence-electron chi connectivity index (χ4n) is 3.05. The Hall–Kier alpha value is -3.75. The average molecular weight is 351 g/mol. The summed E-state index contributed by atoms with van der Waals surface area (Å²) in [6.07, 6.45) is 0.266. The van der Waals surface area contributed by atoms with Crippen LogP contribution in [0.15, 0.2) is 40.2 Å². The molecule has 0 saturated heterocycles. The summed E-state index contributed by atoms with van der Waals surface area (Å²) in [6.45, 7) is 1.77. The Morgan fingerprint density at radius 2 is 1.69 bits per heavy atom. The Labute approximate surface area is 146 Å². The summed E-state index contributed by atoms with van der Waals surface area (Å²) < 4.78 is 1.14. The minimum absolute atomic E-state index is 0.0198. The number of nitrogens with one attached hydrogen (secondary N) is 1. The lowest BCUT2D eigenvalue weighted by Crippen LogP contribution is -2.24. The predicted octanol–water partition coefficient (Wildman–Crippen LogP) is 0.416. The number of anilines is 2. The normalized spacial score (nSPS) is 16.0. The number of hydrogen-bond acceptors (Lipinski definition) is 6. The number of nitrogen functional groups attached to an aromatic ring is 1. The van der Waals surface area contributed by atoms with Gasteiger partial charge in [-0.25, -0.2) is 5.01 Å². The number of aromatic nitrogens is 1. The number of hydrogen-bond donors (Lipinski definition) is 2. The molecule has 2 aliphatic heterocycles. The quantitative estimate of drug-likeness (QED) is 0.758. The molecule has 0 radical (unpaired) electrons. The van der Waals surface area contributed by atoms with Gasteiger partial charge in [0.05, 0.1) is 28.9 Å². The summed E-state index contributed by atoms with van der Waals surface area (Å²) >= 11 is 0. The van der Waals surface area contributed by atoms with E-state index in [2.05, 4.69) is 10.4 Å². The average Bonchev–Trinajstić information content (AvgIpc) is 3.06. The van der Waals surface area contributed by atoms with Crippen LogP contribution >= 0.6 is 0 Å². The van der Waals surface area contributed by atoms with Crippen molar-refractivity contribution in [3.8, 4) is 5.69 Å². The molecule has 9 nitrogen and oxygen atoms in total. The van der Waals surface area contributed by atoms with E-state index in [0.717, 1.165) is 10.6 Å². The van der Waals surface area contributed by atoms with Crippen molar-refractivity contribution in [1.82, 2.24) is 9.88 Å². The summed E-state index contributed by atoms with van der Waals surface area (Å²) in [6, 6.07) is 7.51. The molecule has 26 heavy (non-hydrogen) atoms. The highest BCUT2D eigenvalue weighted by Gasteiger charge is 2.32. The second-order valence-corrected chi connectivity index (χ2v) is 6.01. The number of rotatable bonds is 2. The van der Waals surface area contributed by atoms with Gasteiger partial charge in [0, 0.05) is 11.8 Å². The largest absolute Gasteiger partial charge is 0.384 e. The molecule has 1 aromatic carbocycles. The van der Waals surface area contributed by atoms with Crippen molar-refractivity contribution in [1.29, 1.82) is 0 Å². The molecule has 9 heteroatoms. The molecule has 0 atom stereocenters. The zero-order chi connectivity index (χ0) is 18.6. The summed E-state index contributed by atoms with van der Waals surface area (Å²) in [5.74, 6) is -1.54. The van der Waals surface area contributed by atoms with Crippen molar-refractivity contribution in [2.24, 2.45) is 5.10 Å². The lowest BCUT2D eigenvalue weighted by Gasteiger charge is -2.15. The van der Waals surface area contributed by atoms with Crippen LogP contribution in [0.3, 0.4) is 0 Å². The number of hydrazone groups is 1. The number of nitrogens with two attached hydrogens (primary N) is 1. The zero-order valence-corrected chi connectivity index (χ0v) is 13.6. The van der Waals surface area contributed by atoms with Gasteiger partial charge in [-0.15, -0.1) is 0 Å². The van der Waals surface area contributed by atoms with Crippen LogP contribution in [0.1, 0.15) is 34.1 Å². The minimum Gasteiger partial charge on any atom is -0.384 e. The highest BCUT2D eigenvalue weighted by atomic mass is 16.2. The maximum absolute atomic E-state index is 12.4. The molecular formula is C17H13N5O4. The number of fused-ring (bicyclic) bond motifs is 1. The van der Waals surface area contributed by atoms with Crippen LogP contribution in [0, 0.1) is 0 Å². The Morgan fingerprint density at radius 3 is 2.31 bits per heavy atom. The van der Waals surface area contributed by atoms with Gasteiger partial charge in [-0.3, -0.25) is 29.1 Å². The van der Waals surface area contributed by atoms with Gasteiger partial charge in [-0.2, -0.15) is 5.10 Å². The predicted molar refractivity (Wildman–Crippen MR) is 93.5 cm³/mol. The SMILES string of the molecule is CC1=NN(c2ccc(-n3c(N)c4c(cc3=O)C(=O)NC4=O)cc2)C(=O)C1. The summed E-state index contributed by atoms with van der Waals surface area (Å²) in [4.78, 5) is 47.9. The van der Waals surface area contributed by atoms with Gasteiger partial charge >= 0.3 is 0 Å². The van der Waals surface area contributed by atoms with E-state index in [9.17, 15) is 19.2 Å². The van der Waals surface area contributed by atoms with Crippen LogP contribution in [0.4, 0.5) is 11.5 Å². The van der Waals surface area contributed by atoms with E-state index in [1.165, 1.54) is 5.01 Å². The van der Waals surface area contributed by atoms with Gasteiger partial charge in [-0.05, 0) is 31.2 Å². The van der Waals surface area contributed by atoms with E-state index in [-0.39, 0.29) is 29.3 Å². The topological polar surface area (TPSA) is 127 Å². The highest BCUT2D eigenvalue weighted by Crippen LogP contribution is 2.25. The second kappa shape index (κ2) is 5.38. The molecular weight excluding hydrogens is 338 g/mol. The Kier molecular flexibility index (Phi) is 3.26. The van der Waals surface area contributed by atoms with Crippen molar-refractivity contribution in [2.45, 2.75) is 13.3 Å². The fourth-order valence-corrected chi connectivity index (χ4v) is 3.05. The smallest absolute Gasteiger partial charge is 0.262 e. The molecule has 130 valence electrons. The first-order valence-corrected chi connectivity index (χ1v) is 7.75. The Bertz CT molecular complexity index is 1080. The number of carbonyl (C=O) groups excluding carboxylic acids is 3. The first-order chi connectivity index (χ1) is 12.4. The molecule has 3 amide bonds. The molecule has 0 spiro atoms. The van der Waals surface area contributed by atoms with E-state index in [1.807, 2.05) is 0 Å². The van der Waals surface area contributed by atoms with Crippen molar-refractivity contribution in [3.63, 3.8) is 0 Å². The van der Waals surface area contributed by atoms with Gasteiger partial charge in [0.15, 0.2) is 0 Å². The molecule has 0 bridgehead atoms. The monoisotopic (exact) mass is 351 g/mol. The fraction of sp³-hybridized carbons (Fsp3) is 0.118. The lowest BCUT2D eigenvalue weighted by molar-refractivity contribution is -0.116. The molecule has 1 aromatic heterocycles. The van der Waals surface area contributed by atoms with Crippen molar-refractivity contribution in [2.75, 3.05) is 10.7 Å². The zero-order valence-electron chi connectivity index (χ0n) is 13.6. The van der Waals surface area contributed by atoms with Crippen molar-refractivity contribution in [3.05, 3.63) is 51.8 Å². The minimum atomic E-state index is -0.642. The van der Waals surface area contributed by atoms with Crippen LogP contribution in [0.25, 0.3) is 5.69 Å². The van der Waals surface area contributed by atoms with E-state index in [0.29, 0.717) is 17.1 Å². The Morgan fingerprint density at radius 1 is 1.04 bits per heavy atom. The second-order valence-electron chi connectivity index (χ2n) is 6.01. The van der Waals surface area contributed by atoms with Crippen LogP contribution in [0.2, 0.25) is 0 Å². The summed E-state index contributed by atoms with van der Waals surface area (Å²) in [5, 5.41) is 7.57. The van der Waals surface area contributed by atoms with Crippen LogP contribution < -0.4 is 21.6 Å². The number of imide groups is 1. The third kappa shape index (κ3) is 2.21. The first kappa shape index (κ1) is 15.8. The van der Waals surface area contributed by atoms with Gasteiger partial charge in [0.1, 0.15) is 5.82 Å². The third-order valence-electron chi connectivity index (χ3n) is 4.22. The van der Waals surface area contributed by atoms with Crippen LogP contribution in [-0.4, -0.2) is 28.0 Å². The summed E-state index contributed by atoms with van der Waals surface area (Å²) in [5.41, 5.74) is 7.07.